The maximum atomic E-state index is 5.32. The van der Waals surface area contributed by atoms with E-state index >= 15 is 0 Å². The molecular formula is C21H26N2O. The number of pyridine rings is 1. The normalized spacial score (nSPS) is 14.0. The number of anilines is 1. The second kappa shape index (κ2) is 8.34. The van der Waals surface area contributed by atoms with Gasteiger partial charge in [-0.3, -0.25) is 4.98 Å². The molecule has 0 spiro atoms. The maximum absolute atomic E-state index is 5.32. The summed E-state index contributed by atoms with van der Waals surface area (Å²) in [5, 5.41) is 4.68. The second-order valence-electron chi connectivity index (χ2n) is 6.01. The summed E-state index contributed by atoms with van der Waals surface area (Å²) in [4.78, 5) is 4.49. The average Bonchev–Trinajstić information content (AvgIpc) is 2.62. The van der Waals surface area contributed by atoms with Gasteiger partial charge in [-0.25, -0.2) is 0 Å². The first-order chi connectivity index (χ1) is 11.6. The fourth-order valence-electron chi connectivity index (χ4n) is 2.74. The molecule has 0 radical (unpaired) electrons. The fourth-order valence-corrected chi connectivity index (χ4v) is 2.74. The van der Waals surface area contributed by atoms with Crippen molar-refractivity contribution in [1.82, 2.24) is 4.98 Å². The molecule has 126 valence electrons. The number of methoxy groups -OCH3 is 1. The van der Waals surface area contributed by atoms with Crippen LogP contribution in [0.3, 0.4) is 0 Å². The first-order valence-electron chi connectivity index (χ1n) is 8.22. The Balaban J connectivity index is 2.11. The number of benzene rings is 1. The number of rotatable bonds is 8. The molecule has 0 aliphatic heterocycles. The number of nitrogens with zero attached hydrogens (tertiary/aromatic N) is 1. The highest BCUT2D eigenvalue weighted by Gasteiger charge is 2.19. The van der Waals surface area contributed by atoms with Crippen LogP contribution in [0.25, 0.3) is 10.9 Å². The Hall–Kier alpha value is -2.55. The molecule has 0 aliphatic rings. The number of allylic oxidation sites excluding steroid dienone is 3. The van der Waals surface area contributed by atoms with Gasteiger partial charge < -0.3 is 10.1 Å². The summed E-state index contributed by atoms with van der Waals surface area (Å²) in [5.74, 6) is 1.38. The lowest BCUT2D eigenvalue weighted by molar-refractivity contribution is 0.287. The van der Waals surface area contributed by atoms with Crippen LogP contribution < -0.4 is 5.32 Å². The summed E-state index contributed by atoms with van der Waals surface area (Å²) in [6, 6.07) is 10.2. The molecule has 2 aromatic rings. The van der Waals surface area contributed by atoms with Gasteiger partial charge in [0.1, 0.15) is 5.76 Å². The monoisotopic (exact) mass is 322 g/mol. The van der Waals surface area contributed by atoms with Crippen molar-refractivity contribution in [2.45, 2.75) is 13.8 Å². The van der Waals surface area contributed by atoms with Crippen LogP contribution in [0, 0.1) is 11.8 Å². The van der Waals surface area contributed by atoms with Crippen LogP contribution >= 0.6 is 0 Å². The molecule has 3 nitrogen and oxygen atoms in total. The molecule has 0 saturated heterocycles. The molecule has 2 atom stereocenters. The summed E-state index contributed by atoms with van der Waals surface area (Å²) < 4.78 is 5.32. The number of hydrogen-bond acceptors (Lipinski definition) is 3. The number of fused-ring (bicyclic) bond motifs is 1. The van der Waals surface area contributed by atoms with Crippen molar-refractivity contribution in [1.29, 1.82) is 0 Å². The van der Waals surface area contributed by atoms with Gasteiger partial charge >= 0.3 is 0 Å². The summed E-state index contributed by atoms with van der Waals surface area (Å²) in [6.45, 7) is 13.0. The largest absolute Gasteiger partial charge is 0.497 e. The van der Waals surface area contributed by atoms with E-state index in [0.29, 0.717) is 17.6 Å². The van der Waals surface area contributed by atoms with E-state index < -0.39 is 0 Å². The van der Waals surface area contributed by atoms with E-state index in [1.165, 1.54) is 0 Å². The van der Waals surface area contributed by atoms with E-state index in [2.05, 4.69) is 61.6 Å². The van der Waals surface area contributed by atoms with Crippen LogP contribution in [-0.4, -0.2) is 18.6 Å². The number of aromatic nitrogens is 1. The molecule has 1 heterocycles. The smallest absolute Gasteiger partial charge is 0.115 e. The highest BCUT2D eigenvalue weighted by Crippen LogP contribution is 2.27. The van der Waals surface area contributed by atoms with Crippen molar-refractivity contribution in [3.05, 3.63) is 73.2 Å². The van der Waals surface area contributed by atoms with Crippen LogP contribution in [0.4, 0.5) is 5.69 Å². The fraction of sp³-hybridized carbons (Fsp3) is 0.286. The Morgan fingerprint density at radius 1 is 1.29 bits per heavy atom. The molecule has 1 aromatic heterocycles. The molecule has 2 unspecified atom stereocenters. The van der Waals surface area contributed by atoms with E-state index in [0.717, 1.165) is 28.7 Å². The van der Waals surface area contributed by atoms with Gasteiger partial charge in [-0.2, -0.15) is 0 Å². The van der Waals surface area contributed by atoms with Crippen molar-refractivity contribution in [3.8, 4) is 0 Å². The lowest BCUT2D eigenvalue weighted by Gasteiger charge is -2.24. The van der Waals surface area contributed by atoms with Crippen LogP contribution in [-0.2, 0) is 4.74 Å². The van der Waals surface area contributed by atoms with Gasteiger partial charge in [0.2, 0.25) is 0 Å². The molecule has 24 heavy (non-hydrogen) atoms. The standard InChI is InChI=1S/C21H26N2O/c1-6-9-19(17(4)24-5)16(3)15(2)14-23-20-12-7-10-18-11-8-13-22-21(18)20/h6-13,15-16,23H,1,4,14H2,2-3,5H3/b19-9-. The molecule has 0 fully saturated rings. The van der Waals surface area contributed by atoms with Crippen molar-refractivity contribution in [2.75, 3.05) is 19.0 Å². The highest BCUT2D eigenvalue weighted by molar-refractivity contribution is 5.90. The molecule has 0 bridgehead atoms. The minimum absolute atomic E-state index is 0.297. The van der Waals surface area contributed by atoms with Crippen LogP contribution in [0.2, 0.25) is 0 Å². The number of hydrogen-bond donors (Lipinski definition) is 1. The third-order valence-corrected chi connectivity index (χ3v) is 4.46. The lowest BCUT2D eigenvalue weighted by atomic mass is 9.87. The summed E-state index contributed by atoms with van der Waals surface area (Å²) in [7, 11) is 1.65. The predicted octanol–water partition coefficient (Wildman–Crippen LogP) is 5.19. The Morgan fingerprint density at radius 2 is 2.04 bits per heavy atom. The van der Waals surface area contributed by atoms with Gasteiger partial charge in [0.25, 0.3) is 0 Å². The number of nitrogens with one attached hydrogen (secondary N) is 1. The molecule has 1 aromatic carbocycles. The summed E-state index contributed by atoms with van der Waals surface area (Å²) in [6.07, 6.45) is 5.59. The van der Waals surface area contributed by atoms with E-state index in [-0.39, 0.29) is 0 Å². The quantitative estimate of drug-likeness (QED) is 0.536. The molecular weight excluding hydrogens is 296 g/mol. The Bertz CT molecular complexity index is 743. The van der Waals surface area contributed by atoms with E-state index in [1.807, 2.05) is 18.3 Å². The highest BCUT2D eigenvalue weighted by atomic mass is 16.5. The zero-order valence-corrected chi connectivity index (χ0v) is 14.8. The van der Waals surface area contributed by atoms with Crippen molar-refractivity contribution < 1.29 is 4.74 Å². The number of ether oxygens (including phenoxy) is 1. The van der Waals surface area contributed by atoms with E-state index in [1.54, 1.807) is 13.2 Å². The van der Waals surface area contributed by atoms with Gasteiger partial charge in [0, 0.05) is 18.1 Å². The second-order valence-corrected chi connectivity index (χ2v) is 6.01. The van der Waals surface area contributed by atoms with Crippen molar-refractivity contribution in [2.24, 2.45) is 11.8 Å². The van der Waals surface area contributed by atoms with Crippen molar-refractivity contribution in [3.63, 3.8) is 0 Å². The first-order valence-corrected chi connectivity index (χ1v) is 8.22. The first kappa shape index (κ1) is 17.8. The van der Waals surface area contributed by atoms with Crippen molar-refractivity contribution >= 4 is 16.6 Å². The molecule has 2 rings (SSSR count). The van der Waals surface area contributed by atoms with Crippen LogP contribution in [0.5, 0.6) is 0 Å². The van der Waals surface area contributed by atoms with Gasteiger partial charge in [0.05, 0.1) is 18.3 Å². The minimum Gasteiger partial charge on any atom is -0.497 e. The molecule has 3 heteroatoms. The average molecular weight is 322 g/mol. The molecule has 0 saturated carbocycles. The Morgan fingerprint density at radius 3 is 2.75 bits per heavy atom. The third-order valence-electron chi connectivity index (χ3n) is 4.46. The van der Waals surface area contributed by atoms with E-state index in [4.69, 9.17) is 4.74 Å². The zero-order valence-electron chi connectivity index (χ0n) is 14.8. The van der Waals surface area contributed by atoms with Gasteiger partial charge in [-0.15, -0.1) is 0 Å². The van der Waals surface area contributed by atoms with Crippen LogP contribution in [0.1, 0.15) is 13.8 Å². The maximum Gasteiger partial charge on any atom is 0.115 e. The summed E-state index contributed by atoms with van der Waals surface area (Å²) in [5.41, 5.74) is 3.15. The SMILES string of the molecule is C=C/C=C(\C(=C)OC)C(C)C(C)CNc1cccc2cccnc12. The van der Waals surface area contributed by atoms with Crippen LogP contribution in [0.15, 0.2) is 73.2 Å². The lowest BCUT2D eigenvalue weighted by Crippen LogP contribution is -2.21. The molecule has 0 amide bonds. The van der Waals surface area contributed by atoms with Gasteiger partial charge in [-0.1, -0.05) is 57.4 Å². The molecule has 1 N–H and O–H groups in total. The van der Waals surface area contributed by atoms with Gasteiger partial charge in [-0.05, 0) is 29.5 Å². The minimum atomic E-state index is 0.297. The topological polar surface area (TPSA) is 34.1 Å². The molecule has 0 aliphatic carbocycles. The van der Waals surface area contributed by atoms with E-state index in [9.17, 15) is 0 Å². The Labute approximate surface area is 144 Å². The number of para-hydroxylation sites is 1. The Kier molecular flexibility index (Phi) is 6.19. The zero-order chi connectivity index (χ0) is 17.5. The third kappa shape index (κ3) is 4.05. The predicted molar refractivity (Wildman–Crippen MR) is 103 cm³/mol. The summed E-state index contributed by atoms with van der Waals surface area (Å²) >= 11 is 0. The van der Waals surface area contributed by atoms with Gasteiger partial charge in [0.15, 0.2) is 0 Å².